The van der Waals surface area contributed by atoms with Crippen LogP contribution in [0.2, 0.25) is 0 Å². The average Bonchev–Trinajstić information content (AvgIpc) is 3.21. The third kappa shape index (κ3) is 3.47. The predicted molar refractivity (Wildman–Crippen MR) is 131 cm³/mol. The van der Waals surface area contributed by atoms with Crippen LogP contribution in [0.3, 0.4) is 0 Å². The van der Waals surface area contributed by atoms with Crippen molar-refractivity contribution in [3.63, 3.8) is 0 Å². The molecular weight excluding hydrogens is 432 g/mol. The first-order valence-corrected chi connectivity index (χ1v) is 12.4. The average molecular weight is 467 g/mol. The van der Waals surface area contributed by atoms with Gasteiger partial charge in [0.2, 0.25) is 12.1 Å². The molecule has 1 fully saturated rings. The van der Waals surface area contributed by atoms with Crippen molar-refractivity contribution < 1.29 is 19.5 Å². The Balaban J connectivity index is 1.63. The summed E-state index contributed by atoms with van der Waals surface area (Å²) >= 11 is 0. The minimum Gasteiger partial charge on any atom is -0.409 e. The van der Waals surface area contributed by atoms with Crippen molar-refractivity contribution in [3.8, 4) is 0 Å². The lowest BCUT2D eigenvalue weighted by molar-refractivity contribution is -0.117. The van der Waals surface area contributed by atoms with E-state index in [1.54, 1.807) is 0 Å². The van der Waals surface area contributed by atoms with Crippen LogP contribution in [0.15, 0.2) is 35.5 Å². The van der Waals surface area contributed by atoms with E-state index in [1.165, 1.54) is 16.6 Å². The zero-order chi connectivity index (χ0) is 23.9. The van der Waals surface area contributed by atoms with Crippen molar-refractivity contribution in [3.05, 3.63) is 41.6 Å². The quantitative estimate of drug-likeness (QED) is 0.213. The molecule has 1 aromatic heterocycles. The molecule has 2 atom stereocenters. The molecule has 0 aliphatic carbocycles. The summed E-state index contributed by atoms with van der Waals surface area (Å²) in [6.45, 7) is 8.73. The number of nitrogens with zero attached hydrogens (tertiary/aromatic N) is 3. The molecule has 2 N–H and O–H groups in total. The fraction of sp³-hybridized carbons (Fsp3) is 0.538. The number of benzene rings is 1. The highest BCUT2D eigenvalue weighted by Crippen LogP contribution is 2.56. The van der Waals surface area contributed by atoms with Crippen LogP contribution in [0.4, 0.5) is 0 Å². The van der Waals surface area contributed by atoms with E-state index < -0.39 is 6.29 Å². The van der Waals surface area contributed by atoms with Crippen LogP contribution in [-0.4, -0.2) is 59.0 Å². The lowest BCUT2D eigenvalue weighted by Gasteiger charge is -2.53. The van der Waals surface area contributed by atoms with Gasteiger partial charge in [-0.05, 0) is 63.8 Å². The van der Waals surface area contributed by atoms with Gasteiger partial charge < -0.3 is 24.6 Å². The normalized spacial score (nSPS) is 24.3. The van der Waals surface area contributed by atoms with E-state index in [0.29, 0.717) is 18.9 Å². The summed E-state index contributed by atoms with van der Waals surface area (Å²) < 4.78 is 13.3. The topological polar surface area (TPSA) is 88.3 Å². The largest absolute Gasteiger partial charge is 0.409 e. The van der Waals surface area contributed by atoms with Crippen LogP contribution in [0.25, 0.3) is 16.6 Å². The fourth-order valence-corrected chi connectivity index (χ4v) is 6.27. The molecule has 0 radical (unpaired) electrons. The van der Waals surface area contributed by atoms with Gasteiger partial charge in [-0.2, -0.15) is 0 Å². The van der Waals surface area contributed by atoms with Crippen LogP contribution in [0, 0.1) is 5.41 Å². The van der Waals surface area contributed by atoms with Crippen molar-refractivity contribution in [1.29, 1.82) is 0 Å². The van der Waals surface area contributed by atoms with Gasteiger partial charge in [0.15, 0.2) is 0 Å². The van der Waals surface area contributed by atoms with E-state index in [4.69, 9.17) is 9.47 Å². The van der Waals surface area contributed by atoms with Crippen LogP contribution in [0.5, 0.6) is 0 Å². The van der Waals surface area contributed by atoms with Gasteiger partial charge in [0.25, 0.3) is 5.91 Å². The predicted octanol–water partition coefficient (Wildman–Crippen LogP) is 3.89. The number of hydrogen-bond donors (Lipinski definition) is 2. The number of piperidine rings is 1. The fourth-order valence-electron chi connectivity index (χ4n) is 6.27. The molecule has 0 spiro atoms. The number of hydrogen-bond acceptors (Lipinski definition) is 6. The van der Waals surface area contributed by atoms with Crippen molar-refractivity contribution in [2.75, 3.05) is 26.3 Å². The molecule has 3 aliphatic rings. The summed E-state index contributed by atoms with van der Waals surface area (Å²) in [6, 6.07) is 8.61. The molecule has 3 aliphatic heterocycles. The monoisotopic (exact) mass is 466 g/mol. The summed E-state index contributed by atoms with van der Waals surface area (Å²) in [6.07, 6.45) is 5.33. The first kappa shape index (κ1) is 23.1. The third-order valence-electron chi connectivity index (χ3n) is 7.69. The van der Waals surface area contributed by atoms with Gasteiger partial charge in [-0.15, -0.1) is 0 Å². The maximum absolute atomic E-state index is 13.8. The number of carbonyl (C=O) groups excluding carboxylic acids is 1. The number of para-hydroxylation sites is 1. The number of amidine groups is 1. The second-order valence-corrected chi connectivity index (χ2v) is 9.31. The molecule has 8 heteroatoms. The summed E-state index contributed by atoms with van der Waals surface area (Å²) in [5.74, 6) is -0.368. The molecule has 2 aromatic rings. The minimum atomic E-state index is -0.943. The highest BCUT2D eigenvalue weighted by Gasteiger charge is 2.51. The SMILES string of the molecule is CCOC(OCC)/C(=N/O)NC(=O)C1=C[C@]2(CC)CCCN3CCc4c(n1c1ccccc41)[C@@H]32. The van der Waals surface area contributed by atoms with Gasteiger partial charge in [-0.1, -0.05) is 30.3 Å². The number of nitrogens with one attached hydrogen (secondary N) is 1. The van der Waals surface area contributed by atoms with Crippen molar-refractivity contribution in [1.82, 2.24) is 14.8 Å². The van der Waals surface area contributed by atoms with Gasteiger partial charge >= 0.3 is 0 Å². The second-order valence-electron chi connectivity index (χ2n) is 9.31. The Morgan fingerprint density at radius 3 is 2.71 bits per heavy atom. The number of oxime groups is 1. The molecule has 5 rings (SSSR count). The molecule has 1 saturated heterocycles. The number of rotatable bonds is 7. The van der Waals surface area contributed by atoms with E-state index in [0.717, 1.165) is 44.3 Å². The molecule has 34 heavy (non-hydrogen) atoms. The number of aromatic nitrogens is 1. The van der Waals surface area contributed by atoms with E-state index in [1.807, 2.05) is 19.9 Å². The Morgan fingerprint density at radius 2 is 2.00 bits per heavy atom. The van der Waals surface area contributed by atoms with Crippen molar-refractivity contribution in [2.45, 2.75) is 58.8 Å². The van der Waals surface area contributed by atoms with Crippen LogP contribution in [-0.2, 0) is 20.7 Å². The number of fused-ring (bicyclic) bond motifs is 3. The summed E-state index contributed by atoms with van der Waals surface area (Å²) in [4.78, 5) is 16.4. The number of ether oxygens (including phenoxy) is 2. The van der Waals surface area contributed by atoms with Gasteiger partial charge in [0, 0.05) is 36.3 Å². The van der Waals surface area contributed by atoms with E-state index in [9.17, 15) is 10.0 Å². The lowest BCUT2D eigenvalue weighted by atomic mass is 9.66. The molecule has 4 heterocycles. The Hall–Kier alpha value is -2.68. The van der Waals surface area contributed by atoms with E-state index in [2.05, 4.69) is 51.1 Å². The Bertz CT molecular complexity index is 1150. The van der Waals surface area contributed by atoms with Crippen LogP contribution in [0.1, 0.15) is 57.3 Å². The van der Waals surface area contributed by atoms with Gasteiger partial charge in [0.1, 0.15) is 5.70 Å². The zero-order valence-corrected chi connectivity index (χ0v) is 20.2. The Morgan fingerprint density at radius 1 is 1.24 bits per heavy atom. The standard InChI is InChI=1S/C26H34N4O4/c1-4-26-13-9-14-29-15-12-18-17-10-7-8-11-19(17)30(21(18)22(26)29)20(16-26)24(31)27-23(28-32)25(33-5-2)34-6-3/h7-8,10-11,16,22,25,32H,4-6,9,12-15H2,1-3H3,(H,27,28,31)/t22-,26+/m1/s1. The smallest absolute Gasteiger partial charge is 0.273 e. The lowest BCUT2D eigenvalue weighted by Crippen LogP contribution is -2.52. The van der Waals surface area contributed by atoms with E-state index >= 15 is 0 Å². The summed E-state index contributed by atoms with van der Waals surface area (Å²) in [5.41, 5.74) is 4.11. The van der Waals surface area contributed by atoms with Crippen LogP contribution < -0.4 is 5.32 Å². The highest BCUT2D eigenvalue weighted by molar-refractivity contribution is 6.21. The molecule has 1 aromatic carbocycles. The molecule has 182 valence electrons. The molecule has 8 nitrogen and oxygen atoms in total. The molecule has 0 bridgehead atoms. The second kappa shape index (κ2) is 9.17. The van der Waals surface area contributed by atoms with Crippen molar-refractivity contribution >= 4 is 28.3 Å². The Kier molecular flexibility index (Phi) is 6.22. The maximum Gasteiger partial charge on any atom is 0.273 e. The summed E-state index contributed by atoms with van der Waals surface area (Å²) in [7, 11) is 0. The molecule has 0 unspecified atom stereocenters. The summed E-state index contributed by atoms with van der Waals surface area (Å²) in [5, 5.41) is 17.0. The molecule has 0 saturated carbocycles. The number of carbonyl (C=O) groups is 1. The molecule has 1 amide bonds. The molecular formula is C26H34N4O4. The van der Waals surface area contributed by atoms with Gasteiger partial charge in [-0.25, -0.2) is 0 Å². The first-order chi connectivity index (χ1) is 16.6. The zero-order valence-electron chi connectivity index (χ0n) is 20.2. The minimum absolute atomic E-state index is 0.0436. The van der Waals surface area contributed by atoms with Crippen molar-refractivity contribution in [2.24, 2.45) is 10.6 Å². The van der Waals surface area contributed by atoms with Crippen LogP contribution >= 0.6 is 0 Å². The Labute approximate surface area is 200 Å². The first-order valence-electron chi connectivity index (χ1n) is 12.4. The maximum atomic E-state index is 13.8. The third-order valence-corrected chi connectivity index (χ3v) is 7.69. The van der Waals surface area contributed by atoms with Gasteiger partial charge in [0.05, 0.1) is 11.6 Å². The van der Waals surface area contributed by atoms with Gasteiger partial charge in [-0.3, -0.25) is 9.69 Å². The number of amides is 1. The highest BCUT2D eigenvalue weighted by atomic mass is 16.7. The van der Waals surface area contributed by atoms with E-state index in [-0.39, 0.29) is 23.2 Å².